The summed E-state index contributed by atoms with van der Waals surface area (Å²) in [5.74, 6) is -1.51. The smallest absolute Gasteiger partial charge is 0.339 e. The van der Waals surface area contributed by atoms with Crippen LogP contribution in [0, 0.1) is 5.92 Å². The van der Waals surface area contributed by atoms with Gasteiger partial charge in [0.25, 0.3) is 0 Å². The van der Waals surface area contributed by atoms with E-state index >= 15 is 0 Å². The molecule has 0 radical (unpaired) electrons. The van der Waals surface area contributed by atoms with E-state index in [1.165, 1.54) is 14.2 Å². The van der Waals surface area contributed by atoms with Gasteiger partial charge in [-0.1, -0.05) is 26.8 Å². The number of benzene rings is 1. The zero-order valence-electron chi connectivity index (χ0n) is 19.0. The van der Waals surface area contributed by atoms with E-state index in [-0.39, 0.29) is 46.7 Å². The number of β-lactam (4-membered cyclic amide) rings is 1. The third-order valence-electron chi connectivity index (χ3n) is 6.83. The highest BCUT2D eigenvalue weighted by atomic mass is 28.4. The molecule has 0 unspecified atom stereocenters. The highest BCUT2D eigenvalue weighted by Gasteiger charge is 2.56. The lowest BCUT2D eigenvalue weighted by atomic mass is 9.81. The van der Waals surface area contributed by atoms with Crippen molar-refractivity contribution in [1.82, 2.24) is 4.90 Å². The number of amides is 1. The van der Waals surface area contributed by atoms with Crippen LogP contribution in [0.3, 0.4) is 0 Å². The minimum absolute atomic E-state index is 0.0119. The first-order chi connectivity index (χ1) is 13.9. The van der Waals surface area contributed by atoms with E-state index in [1.54, 1.807) is 11.0 Å². The van der Waals surface area contributed by atoms with Crippen LogP contribution in [0.2, 0.25) is 18.1 Å². The summed E-state index contributed by atoms with van der Waals surface area (Å²) in [6.45, 7) is 13.1. The zero-order chi connectivity index (χ0) is 22.6. The Morgan fingerprint density at radius 2 is 1.73 bits per heavy atom. The molecule has 0 saturated carbocycles. The first-order valence-corrected chi connectivity index (χ1v) is 13.1. The second kappa shape index (κ2) is 7.49. The van der Waals surface area contributed by atoms with Crippen molar-refractivity contribution in [3.63, 3.8) is 0 Å². The summed E-state index contributed by atoms with van der Waals surface area (Å²) in [4.78, 5) is 39.4. The van der Waals surface area contributed by atoms with Crippen LogP contribution in [0.25, 0.3) is 0 Å². The number of hydrogen-bond donors (Lipinski definition) is 0. The lowest BCUT2D eigenvalue weighted by molar-refractivity contribution is -0.162. The van der Waals surface area contributed by atoms with Crippen LogP contribution in [0.15, 0.2) is 12.1 Å². The Bertz CT molecular complexity index is 904. The van der Waals surface area contributed by atoms with Gasteiger partial charge in [-0.2, -0.15) is 0 Å². The van der Waals surface area contributed by atoms with Gasteiger partial charge in [0.1, 0.15) is 0 Å². The van der Waals surface area contributed by atoms with Crippen molar-refractivity contribution in [3.05, 3.63) is 34.4 Å². The predicted octanol–water partition coefficient (Wildman–Crippen LogP) is 3.68. The lowest BCUT2D eigenvalue weighted by Gasteiger charge is -2.48. The third kappa shape index (κ3) is 3.35. The molecule has 1 amide bonds. The zero-order valence-corrected chi connectivity index (χ0v) is 20.0. The van der Waals surface area contributed by atoms with Gasteiger partial charge < -0.3 is 18.8 Å². The Morgan fingerprint density at radius 3 is 2.27 bits per heavy atom. The van der Waals surface area contributed by atoms with E-state index in [4.69, 9.17) is 13.9 Å². The Morgan fingerprint density at radius 1 is 1.13 bits per heavy atom. The van der Waals surface area contributed by atoms with Gasteiger partial charge in [0.2, 0.25) is 5.91 Å². The largest absolute Gasteiger partial charge is 0.465 e. The minimum atomic E-state index is -2.05. The number of carbonyl (C=O) groups excluding carboxylic acids is 3. The molecule has 0 aromatic heterocycles. The van der Waals surface area contributed by atoms with E-state index in [9.17, 15) is 14.4 Å². The average molecular weight is 434 g/mol. The van der Waals surface area contributed by atoms with E-state index < -0.39 is 20.3 Å². The Hall–Kier alpha value is -2.19. The van der Waals surface area contributed by atoms with Crippen LogP contribution in [0.4, 0.5) is 0 Å². The summed E-state index contributed by atoms with van der Waals surface area (Å²) >= 11 is 0. The van der Waals surface area contributed by atoms with Crippen LogP contribution in [-0.2, 0) is 25.2 Å². The molecular formula is C22H31NO6Si. The average Bonchev–Trinajstić information content (AvgIpc) is 2.99. The van der Waals surface area contributed by atoms with E-state index in [1.807, 2.05) is 13.0 Å². The van der Waals surface area contributed by atoms with Gasteiger partial charge in [-0.25, -0.2) is 9.59 Å². The van der Waals surface area contributed by atoms with Gasteiger partial charge >= 0.3 is 11.9 Å². The molecule has 2 heterocycles. The molecule has 164 valence electrons. The molecule has 0 bridgehead atoms. The molecule has 0 N–H and O–H groups in total. The molecule has 3 atom stereocenters. The third-order valence-corrected chi connectivity index (χ3v) is 11.4. The van der Waals surface area contributed by atoms with Crippen molar-refractivity contribution >= 4 is 26.2 Å². The molecular weight excluding hydrogens is 402 g/mol. The fourth-order valence-corrected chi connectivity index (χ4v) is 5.61. The topological polar surface area (TPSA) is 82.1 Å². The lowest BCUT2D eigenvalue weighted by Crippen LogP contribution is -2.58. The Labute approximate surface area is 178 Å². The monoisotopic (exact) mass is 433 g/mol. The molecule has 30 heavy (non-hydrogen) atoms. The van der Waals surface area contributed by atoms with E-state index in [0.717, 1.165) is 5.56 Å². The molecule has 1 fully saturated rings. The molecule has 2 aliphatic heterocycles. The SMILES string of the molecule is COC(=O)c1ccc2c(c1C(=O)OC)CN1C(=O)[C@H]([C@@H](C)O[Si](C)(C)C(C)(C)C)[C@@H]21. The van der Waals surface area contributed by atoms with Crippen molar-refractivity contribution in [2.45, 2.75) is 64.5 Å². The number of carbonyl (C=O) groups is 3. The highest BCUT2D eigenvalue weighted by Crippen LogP contribution is 2.52. The number of fused-ring (bicyclic) bond motifs is 3. The summed E-state index contributed by atoms with van der Waals surface area (Å²) in [6, 6.07) is 3.24. The molecule has 0 spiro atoms. The minimum Gasteiger partial charge on any atom is -0.465 e. The highest BCUT2D eigenvalue weighted by molar-refractivity contribution is 6.74. The van der Waals surface area contributed by atoms with E-state index in [2.05, 4.69) is 33.9 Å². The van der Waals surface area contributed by atoms with Crippen LogP contribution in [0.5, 0.6) is 0 Å². The normalized spacial score (nSPS) is 21.5. The maximum Gasteiger partial charge on any atom is 0.339 e. The molecule has 7 nitrogen and oxygen atoms in total. The maximum absolute atomic E-state index is 13.0. The predicted molar refractivity (Wildman–Crippen MR) is 114 cm³/mol. The molecule has 1 saturated heterocycles. The second-order valence-electron chi connectivity index (χ2n) is 9.56. The van der Waals surface area contributed by atoms with Gasteiger partial charge in [-0.15, -0.1) is 0 Å². The Balaban J connectivity index is 1.98. The summed E-state index contributed by atoms with van der Waals surface area (Å²) in [7, 11) is 0.493. The van der Waals surface area contributed by atoms with Crippen LogP contribution < -0.4 is 0 Å². The Kier molecular flexibility index (Phi) is 5.62. The fraction of sp³-hybridized carbons (Fsp3) is 0.591. The maximum atomic E-state index is 13.0. The number of hydrogen-bond acceptors (Lipinski definition) is 6. The van der Waals surface area contributed by atoms with Crippen LogP contribution in [0.1, 0.15) is 65.6 Å². The quantitative estimate of drug-likeness (QED) is 0.400. The fourth-order valence-electron chi connectivity index (χ4n) is 4.18. The van der Waals surface area contributed by atoms with Crippen molar-refractivity contribution in [2.75, 3.05) is 14.2 Å². The summed E-state index contributed by atoms with van der Waals surface area (Å²) < 4.78 is 16.3. The molecule has 3 rings (SSSR count). The number of esters is 2. The standard InChI is InChI=1S/C22H31NO6Si/c1-12(29-30(7,8)22(2,3)4)16-18-13-9-10-14(20(25)27-5)17(21(26)28-6)15(13)11-23(18)19(16)24/h9-10,12,16,18H,11H2,1-8H3/t12-,16-,18-/m1/s1. The van der Waals surface area contributed by atoms with Crippen LogP contribution in [-0.4, -0.2) is 51.4 Å². The molecule has 2 aliphatic rings. The van der Waals surface area contributed by atoms with Crippen molar-refractivity contribution < 1.29 is 28.3 Å². The summed E-state index contributed by atoms with van der Waals surface area (Å²) in [5, 5.41) is 0.0365. The van der Waals surface area contributed by atoms with Gasteiger partial charge in [0.15, 0.2) is 8.32 Å². The summed E-state index contributed by atoms with van der Waals surface area (Å²) in [6.07, 6.45) is -0.243. The van der Waals surface area contributed by atoms with Gasteiger partial charge in [-0.3, -0.25) is 4.79 Å². The number of ether oxygens (including phenoxy) is 2. The van der Waals surface area contributed by atoms with E-state index in [0.29, 0.717) is 5.56 Å². The van der Waals surface area contributed by atoms with Crippen molar-refractivity contribution in [3.8, 4) is 0 Å². The van der Waals surface area contributed by atoms with Gasteiger partial charge in [0.05, 0.1) is 43.4 Å². The number of rotatable bonds is 5. The molecule has 0 aliphatic carbocycles. The number of methoxy groups -OCH3 is 2. The first kappa shape index (κ1) is 22.5. The second-order valence-corrected chi connectivity index (χ2v) is 14.3. The molecule has 1 aromatic carbocycles. The molecule has 8 heteroatoms. The number of nitrogens with zero attached hydrogens (tertiary/aromatic N) is 1. The van der Waals surface area contributed by atoms with Crippen molar-refractivity contribution in [2.24, 2.45) is 5.92 Å². The summed E-state index contributed by atoms with van der Waals surface area (Å²) in [5.41, 5.74) is 1.87. The first-order valence-electron chi connectivity index (χ1n) is 10.2. The van der Waals surface area contributed by atoms with Gasteiger partial charge in [0, 0.05) is 6.54 Å². The van der Waals surface area contributed by atoms with Crippen LogP contribution >= 0.6 is 0 Å². The van der Waals surface area contributed by atoms with Crippen molar-refractivity contribution in [1.29, 1.82) is 0 Å². The molecule has 1 aromatic rings. The van der Waals surface area contributed by atoms with Gasteiger partial charge in [-0.05, 0) is 42.2 Å².